The first-order chi connectivity index (χ1) is 17.6. The first-order valence-electron chi connectivity index (χ1n) is 11.6. The normalized spacial score (nSPS) is 11.5. The van der Waals surface area contributed by atoms with Crippen LogP contribution in [-0.2, 0) is 19.6 Å². The molecule has 0 aliphatic carbocycles. The van der Waals surface area contributed by atoms with Crippen LogP contribution in [-0.4, -0.2) is 39.1 Å². The summed E-state index contributed by atoms with van der Waals surface area (Å²) in [7, 11) is -4.07. The third-order valence-electron chi connectivity index (χ3n) is 5.28. The SMILES string of the molecule is CCOc1ccc(S(=O)(=O)N(CC(=O)NN=C(C)c2cccc(NC(C)=O)c2)c2ccc(C)cc2)cc1. The van der Waals surface area contributed by atoms with Gasteiger partial charge in [-0.2, -0.15) is 5.10 Å². The van der Waals surface area contributed by atoms with Crippen molar-refractivity contribution in [1.82, 2.24) is 5.43 Å². The summed E-state index contributed by atoms with van der Waals surface area (Å²) in [6, 6.07) is 19.9. The predicted octanol–water partition coefficient (Wildman–Crippen LogP) is 4.09. The topological polar surface area (TPSA) is 117 Å². The molecule has 10 heteroatoms. The van der Waals surface area contributed by atoms with Gasteiger partial charge < -0.3 is 10.1 Å². The zero-order chi connectivity index (χ0) is 27.0. The van der Waals surface area contributed by atoms with Crippen LogP contribution in [0.25, 0.3) is 0 Å². The lowest BCUT2D eigenvalue weighted by atomic mass is 10.1. The second kappa shape index (κ2) is 12.2. The van der Waals surface area contributed by atoms with Gasteiger partial charge in [-0.1, -0.05) is 29.8 Å². The molecule has 2 N–H and O–H groups in total. The molecule has 3 rings (SSSR count). The summed E-state index contributed by atoms with van der Waals surface area (Å²) in [5.41, 5.74) is 5.50. The molecule has 3 aromatic carbocycles. The van der Waals surface area contributed by atoms with Gasteiger partial charge in [0.15, 0.2) is 0 Å². The number of hydrazone groups is 1. The van der Waals surface area contributed by atoms with Gasteiger partial charge in [-0.3, -0.25) is 13.9 Å². The van der Waals surface area contributed by atoms with Gasteiger partial charge in [0.2, 0.25) is 5.91 Å². The maximum atomic E-state index is 13.5. The standard InChI is InChI=1S/C27H30N4O5S/c1-5-36-25-13-15-26(16-14-25)37(34,35)31(24-11-9-19(2)10-12-24)18-27(33)30-29-20(3)22-7-6-8-23(17-22)28-21(4)32/h6-17H,5,18H2,1-4H3,(H,28,32)(H,30,33). The largest absolute Gasteiger partial charge is 0.494 e. The molecule has 3 aromatic rings. The molecule has 0 saturated heterocycles. The van der Waals surface area contributed by atoms with E-state index >= 15 is 0 Å². The molecule has 0 bridgehead atoms. The lowest BCUT2D eigenvalue weighted by Gasteiger charge is -2.24. The Labute approximate surface area is 217 Å². The minimum Gasteiger partial charge on any atom is -0.494 e. The van der Waals surface area contributed by atoms with Crippen molar-refractivity contribution in [3.63, 3.8) is 0 Å². The highest BCUT2D eigenvalue weighted by atomic mass is 32.2. The van der Waals surface area contributed by atoms with Gasteiger partial charge >= 0.3 is 0 Å². The van der Waals surface area contributed by atoms with Gasteiger partial charge in [-0.25, -0.2) is 13.8 Å². The monoisotopic (exact) mass is 522 g/mol. The molecular formula is C27H30N4O5S. The summed E-state index contributed by atoms with van der Waals surface area (Å²) >= 11 is 0. The lowest BCUT2D eigenvalue weighted by molar-refractivity contribution is -0.119. The number of nitrogens with one attached hydrogen (secondary N) is 2. The molecule has 9 nitrogen and oxygen atoms in total. The molecule has 0 unspecified atom stereocenters. The lowest BCUT2D eigenvalue weighted by Crippen LogP contribution is -2.39. The van der Waals surface area contributed by atoms with E-state index in [4.69, 9.17) is 4.74 Å². The van der Waals surface area contributed by atoms with Crippen LogP contribution in [0.1, 0.15) is 31.9 Å². The molecule has 0 heterocycles. The Hall–Kier alpha value is -4.18. The molecule has 0 radical (unpaired) electrons. The molecule has 0 fully saturated rings. The van der Waals surface area contributed by atoms with Crippen molar-refractivity contribution in [2.45, 2.75) is 32.6 Å². The third-order valence-corrected chi connectivity index (χ3v) is 7.07. The van der Waals surface area contributed by atoms with Gasteiger partial charge in [-0.05, 0) is 74.9 Å². The van der Waals surface area contributed by atoms with Crippen LogP contribution < -0.4 is 19.8 Å². The highest BCUT2D eigenvalue weighted by Crippen LogP contribution is 2.25. The van der Waals surface area contributed by atoms with Crippen molar-refractivity contribution in [2.24, 2.45) is 5.10 Å². The number of hydrogen-bond donors (Lipinski definition) is 2. The maximum Gasteiger partial charge on any atom is 0.264 e. The van der Waals surface area contributed by atoms with E-state index in [0.29, 0.717) is 35.0 Å². The average molecular weight is 523 g/mol. The average Bonchev–Trinajstić information content (AvgIpc) is 2.86. The number of carbonyl (C=O) groups excluding carboxylic acids is 2. The van der Waals surface area contributed by atoms with E-state index in [1.165, 1.54) is 19.1 Å². The highest BCUT2D eigenvalue weighted by Gasteiger charge is 2.27. The first kappa shape index (κ1) is 27.4. The molecule has 0 aliphatic heterocycles. The van der Waals surface area contributed by atoms with Crippen LogP contribution in [0, 0.1) is 6.92 Å². The van der Waals surface area contributed by atoms with Crippen molar-refractivity contribution < 1.29 is 22.7 Å². The summed E-state index contributed by atoms with van der Waals surface area (Å²) in [6.07, 6.45) is 0. The highest BCUT2D eigenvalue weighted by molar-refractivity contribution is 7.92. The Balaban J connectivity index is 1.84. The number of anilines is 2. The maximum absolute atomic E-state index is 13.5. The number of sulfonamides is 1. The van der Waals surface area contributed by atoms with Crippen molar-refractivity contribution in [1.29, 1.82) is 0 Å². The Morgan fingerprint density at radius 1 is 0.973 bits per heavy atom. The van der Waals surface area contributed by atoms with E-state index < -0.39 is 22.5 Å². The summed E-state index contributed by atoms with van der Waals surface area (Å²) in [4.78, 5) is 24.2. The van der Waals surface area contributed by atoms with E-state index in [2.05, 4.69) is 15.8 Å². The fourth-order valence-electron chi connectivity index (χ4n) is 3.43. The van der Waals surface area contributed by atoms with Gasteiger partial charge in [0.05, 0.1) is 22.9 Å². The van der Waals surface area contributed by atoms with Crippen LogP contribution >= 0.6 is 0 Å². The third kappa shape index (κ3) is 7.40. The Morgan fingerprint density at radius 3 is 2.27 bits per heavy atom. The number of nitrogens with zero attached hydrogens (tertiary/aromatic N) is 2. The zero-order valence-corrected chi connectivity index (χ0v) is 22.0. The van der Waals surface area contributed by atoms with Gasteiger partial charge in [0, 0.05) is 12.6 Å². The van der Waals surface area contributed by atoms with Gasteiger partial charge in [0.1, 0.15) is 12.3 Å². The van der Waals surface area contributed by atoms with Crippen molar-refractivity contribution >= 4 is 38.9 Å². The van der Waals surface area contributed by atoms with Crippen LogP contribution in [0.2, 0.25) is 0 Å². The number of rotatable bonds is 10. The number of amides is 2. The van der Waals surface area contributed by atoms with E-state index in [1.54, 1.807) is 67.6 Å². The van der Waals surface area contributed by atoms with Crippen molar-refractivity contribution in [3.8, 4) is 5.75 Å². The van der Waals surface area contributed by atoms with Crippen LogP contribution in [0.3, 0.4) is 0 Å². The smallest absolute Gasteiger partial charge is 0.264 e. The molecule has 37 heavy (non-hydrogen) atoms. The van der Waals surface area contributed by atoms with Crippen molar-refractivity contribution in [3.05, 3.63) is 83.9 Å². The number of ether oxygens (including phenoxy) is 1. The minimum absolute atomic E-state index is 0.0267. The second-order valence-electron chi connectivity index (χ2n) is 8.25. The first-order valence-corrected chi connectivity index (χ1v) is 13.1. The zero-order valence-electron chi connectivity index (χ0n) is 21.2. The number of benzene rings is 3. The number of carbonyl (C=O) groups is 2. The van der Waals surface area contributed by atoms with Gasteiger partial charge in [0.25, 0.3) is 15.9 Å². The summed E-state index contributed by atoms with van der Waals surface area (Å²) in [5, 5.41) is 6.82. The Bertz CT molecular complexity index is 1390. The Kier molecular flexibility index (Phi) is 9.02. The molecular weight excluding hydrogens is 492 g/mol. The van der Waals surface area contributed by atoms with Crippen molar-refractivity contribution in [2.75, 3.05) is 22.8 Å². The van der Waals surface area contributed by atoms with Crippen LogP contribution in [0.5, 0.6) is 5.75 Å². The van der Waals surface area contributed by atoms with E-state index in [1.807, 2.05) is 13.8 Å². The fourth-order valence-corrected chi connectivity index (χ4v) is 4.85. The molecule has 0 aromatic heterocycles. The van der Waals surface area contributed by atoms with Crippen LogP contribution in [0.4, 0.5) is 11.4 Å². The Morgan fingerprint density at radius 2 is 1.65 bits per heavy atom. The van der Waals surface area contributed by atoms with E-state index in [0.717, 1.165) is 9.87 Å². The summed E-state index contributed by atoms with van der Waals surface area (Å²) < 4.78 is 33.5. The molecule has 0 spiro atoms. The fraction of sp³-hybridized carbons (Fsp3) is 0.222. The molecule has 0 aliphatic rings. The predicted molar refractivity (Wildman–Crippen MR) is 144 cm³/mol. The quantitative estimate of drug-likeness (QED) is 0.307. The molecule has 194 valence electrons. The van der Waals surface area contributed by atoms with E-state index in [-0.39, 0.29) is 10.8 Å². The number of aryl methyl sites for hydroxylation is 1. The molecule has 2 amide bonds. The summed E-state index contributed by atoms with van der Waals surface area (Å²) in [5.74, 6) is -0.272. The molecule has 0 saturated carbocycles. The van der Waals surface area contributed by atoms with Gasteiger partial charge in [-0.15, -0.1) is 0 Å². The van der Waals surface area contributed by atoms with E-state index in [9.17, 15) is 18.0 Å². The van der Waals surface area contributed by atoms with Crippen LogP contribution in [0.15, 0.2) is 82.8 Å². The minimum atomic E-state index is -4.07. The summed E-state index contributed by atoms with van der Waals surface area (Å²) in [6.45, 7) is 6.81. The second-order valence-corrected chi connectivity index (χ2v) is 10.1. The number of hydrogen-bond acceptors (Lipinski definition) is 6. The molecule has 0 atom stereocenters.